The second kappa shape index (κ2) is 6.04. The minimum atomic E-state index is -0.132. The first-order chi connectivity index (χ1) is 11.6. The van der Waals surface area contributed by atoms with Gasteiger partial charge in [-0.15, -0.1) is 0 Å². The van der Waals surface area contributed by atoms with E-state index < -0.39 is 0 Å². The van der Waals surface area contributed by atoms with Crippen LogP contribution in [-0.4, -0.2) is 17.3 Å². The summed E-state index contributed by atoms with van der Waals surface area (Å²) in [6.07, 6.45) is 2.79. The van der Waals surface area contributed by atoms with Gasteiger partial charge in [0, 0.05) is 13.0 Å². The van der Waals surface area contributed by atoms with Crippen LogP contribution < -0.4 is 0 Å². The molecule has 2 aromatic carbocycles. The van der Waals surface area contributed by atoms with Crippen molar-refractivity contribution in [3.8, 4) is 0 Å². The molecule has 0 amide bonds. The summed E-state index contributed by atoms with van der Waals surface area (Å²) < 4.78 is 13.6. The molecule has 2 aliphatic rings. The molecule has 1 unspecified atom stereocenters. The Labute approximate surface area is 143 Å². The predicted molar refractivity (Wildman–Crippen MR) is 96.2 cm³/mol. The number of halogens is 1. The number of rotatable bonds is 2. The van der Waals surface area contributed by atoms with Gasteiger partial charge in [-0.1, -0.05) is 38.1 Å². The van der Waals surface area contributed by atoms with Gasteiger partial charge in [-0.3, -0.25) is 0 Å². The molecule has 124 valence electrons. The Bertz CT molecular complexity index is 794. The summed E-state index contributed by atoms with van der Waals surface area (Å²) in [5.74, 6) is 1.60. The maximum atomic E-state index is 13.6. The molecule has 2 aliphatic heterocycles. The van der Waals surface area contributed by atoms with Crippen LogP contribution in [-0.2, 0) is 12.8 Å². The Balaban J connectivity index is 1.83. The number of hydrogen-bond donors (Lipinski definition) is 0. The standard InChI is InChI=1S/C21H23FN2/c1-14(2)11-21-23-19-6-4-3-5-16(19)13-20-18-8-7-17(22)12-15(18)9-10-24(20)21/h3-8,12,14,20H,9-11,13H2,1-2H3. The average molecular weight is 322 g/mol. The van der Waals surface area contributed by atoms with Gasteiger partial charge in [0.15, 0.2) is 0 Å². The Morgan fingerprint density at radius 1 is 1.17 bits per heavy atom. The highest BCUT2D eigenvalue weighted by atomic mass is 19.1. The molecule has 0 saturated carbocycles. The van der Waals surface area contributed by atoms with Crippen LogP contribution in [0.5, 0.6) is 0 Å². The lowest BCUT2D eigenvalue weighted by molar-refractivity contribution is 0.290. The van der Waals surface area contributed by atoms with Crippen LogP contribution in [0, 0.1) is 11.7 Å². The van der Waals surface area contributed by atoms with E-state index in [2.05, 4.69) is 43.0 Å². The summed E-state index contributed by atoms with van der Waals surface area (Å²) in [4.78, 5) is 7.48. The molecule has 0 fully saturated rings. The van der Waals surface area contributed by atoms with Gasteiger partial charge in [-0.2, -0.15) is 0 Å². The number of hydrogen-bond acceptors (Lipinski definition) is 2. The van der Waals surface area contributed by atoms with Crippen molar-refractivity contribution in [1.82, 2.24) is 4.90 Å². The highest BCUT2D eigenvalue weighted by Gasteiger charge is 2.32. The molecule has 0 radical (unpaired) electrons. The SMILES string of the molecule is CC(C)CC1=Nc2ccccc2CC2c3ccc(F)cc3CCN12. The summed E-state index contributed by atoms with van der Waals surface area (Å²) in [6.45, 7) is 5.39. The number of aliphatic imine (C=N–C) groups is 1. The smallest absolute Gasteiger partial charge is 0.123 e. The van der Waals surface area contributed by atoms with E-state index in [0.717, 1.165) is 37.1 Å². The van der Waals surface area contributed by atoms with Gasteiger partial charge >= 0.3 is 0 Å². The minimum absolute atomic E-state index is 0.132. The first-order valence-corrected chi connectivity index (χ1v) is 8.82. The van der Waals surface area contributed by atoms with Gasteiger partial charge in [-0.05, 0) is 53.6 Å². The molecule has 0 bridgehead atoms. The van der Waals surface area contributed by atoms with Crippen LogP contribution >= 0.6 is 0 Å². The van der Waals surface area contributed by atoms with Gasteiger partial charge < -0.3 is 4.90 Å². The van der Waals surface area contributed by atoms with Crippen molar-refractivity contribution in [3.05, 3.63) is 65.0 Å². The summed E-state index contributed by atoms with van der Waals surface area (Å²) >= 11 is 0. The van der Waals surface area contributed by atoms with Crippen molar-refractivity contribution in [3.63, 3.8) is 0 Å². The first kappa shape index (κ1) is 15.4. The van der Waals surface area contributed by atoms with Crippen molar-refractivity contribution in [2.24, 2.45) is 10.9 Å². The number of fused-ring (bicyclic) bond motifs is 4. The fourth-order valence-corrected chi connectivity index (χ4v) is 3.94. The quantitative estimate of drug-likeness (QED) is 0.755. The Morgan fingerprint density at radius 3 is 2.83 bits per heavy atom. The lowest BCUT2D eigenvalue weighted by Crippen LogP contribution is -2.40. The molecule has 0 saturated heterocycles. The van der Waals surface area contributed by atoms with Gasteiger partial charge in [0.1, 0.15) is 11.7 Å². The van der Waals surface area contributed by atoms with E-state index in [4.69, 9.17) is 4.99 Å². The molecule has 0 spiro atoms. The van der Waals surface area contributed by atoms with E-state index >= 15 is 0 Å². The third-order valence-electron chi connectivity index (χ3n) is 5.04. The molecule has 0 N–H and O–H groups in total. The molecule has 2 heterocycles. The van der Waals surface area contributed by atoms with Gasteiger partial charge in [0.2, 0.25) is 0 Å². The van der Waals surface area contributed by atoms with Crippen LogP contribution in [0.3, 0.4) is 0 Å². The molecule has 2 nitrogen and oxygen atoms in total. The molecule has 1 atom stereocenters. The van der Waals surface area contributed by atoms with E-state index in [1.807, 2.05) is 6.07 Å². The zero-order valence-corrected chi connectivity index (χ0v) is 14.3. The third-order valence-corrected chi connectivity index (χ3v) is 5.04. The second-order valence-electron chi connectivity index (χ2n) is 7.26. The fraction of sp³-hybridized carbons (Fsp3) is 0.381. The third kappa shape index (κ3) is 2.72. The maximum absolute atomic E-state index is 13.6. The van der Waals surface area contributed by atoms with Gasteiger partial charge in [0.05, 0.1) is 11.7 Å². The van der Waals surface area contributed by atoms with Crippen LogP contribution in [0.4, 0.5) is 10.1 Å². The highest BCUT2D eigenvalue weighted by Crippen LogP contribution is 2.38. The lowest BCUT2D eigenvalue weighted by Gasteiger charge is -2.39. The molecule has 0 aliphatic carbocycles. The van der Waals surface area contributed by atoms with Gasteiger partial charge in [0.25, 0.3) is 0 Å². The number of para-hydroxylation sites is 1. The largest absolute Gasteiger partial charge is 0.352 e. The van der Waals surface area contributed by atoms with Crippen molar-refractivity contribution in [2.75, 3.05) is 6.54 Å². The fourth-order valence-electron chi connectivity index (χ4n) is 3.94. The van der Waals surface area contributed by atoms with Crippen LogP contribution in [0.2, 0.25) is 0 Å². The number of amidine groups is 1. The number of benzene rings is 2. The molecule has 4 rings (SSSR count). The Morgan fingerprint density at radius 2 is 2.00 bits per heavy atom. The van der Waals surface area contributed by atoms with Crippen molar-refractivity contribution in [2.45, 2.75) is 39.2 Å². The minimum Gasteiger partial charge on any atom is -0.352 e. The van der Waals surface area contributed by atoms with E-state index in [-0.39, 0.29) is 11.9 Å². The molecule has 24 heavy (non-hydrogen) atoms. The molecule has 3 heteroatoms. The van der Waals surface area contributed by atoms with Crippen LogP contribution in [0.1, 0.15) is 43.0 Å². The summed E-state index contributed by atoms with van der Waals surface area (Å²) in [6, 6.07) is 14.0. The normalized spacial score (nSPS) is 19.2. The number of nitrogens with zero attached hydrogens (tertiary/aromatic N) is 2. The van der Waals surface area contributed by atoms with Crippen LogP contribution in [0.25, 0.3) is 0 Å². The summed E-state index contributed by atoms with van der Waals surface area (Å²) in [7, 11) is 0. The van der Waals surface area contributed by atoms with E-state index in [9.17, 15) is 4.39 Å². The predicted octanol–water partition coefficient (Wildman–Crippen LogP) is 5.06. The zero-order chi connectivity index (χ0) is 16.7. The maximum Gasteiger partial charge on any atom is 0.123 e. The monoisotopic (exact) mass is 322 g/mol. The molecule has 0 aromatic heterocycles. The van der Waals surface area contributed by atoms with E-state index in [0.29, 0.717) is 5.92 Å². The summed E-state index contributed by atoms with van der Waals surface area (Å²) in [5, 5.41) is 0. The van der Waals surface area contributed by atoms with Crippen molar-refractivity contribution >= 4 is 11.5 Å². The second-order valence-corrected chi connectivity index (χ2v) is 7.26. The van der Waals surface area contributed by atoms with E-state index in [1.54, 1.807) is 12.1 Å². The summed E-state index contributed by atoms with van der Waals surface area (Å²) in [5.41, 5.74) is 4.78. The Hall–Kier alpha value is -2.16. The Kier molecular flexibility index (Phi) is 3.87. The van der Waals surface area contributed by atoms with Crippen molar-refractivity contribution < 1.29 is 4.39 Å². The molecular weight excluding hydrogens is 299 g/mol. The van der Waals surface area contributed by atoms with Gasteiger partial charge in [-0.25, -0.2) is 9.38 Å². The highest BCUT2D eigenvalue weighted by molar-refractivity contribution is 5.87. The first-order valence-electron chi connectivity index (χ1n) is 8.82. The molecule has 2 aromatic rings. The molecular formula is C21H23FN2. The van der Waals surface area contributed by atoms with Crippen molar-refractivity contribution in [1.29, 1.82) is 0 Å². The van der Waals surface area contributed by atoms with E-state index in [1.165, 1.54) is 17.0 Å². The zero-order valence-electron chi connectivity index (χ0n) is 14.3. The topological polar surface area (TPSA) is 15.6 Å². The van der Waals surface area contributed by atoms with Crippen LogP contribution in [0.15, 0.2) is 47.5 Å². The average Bonchev–Trinajstić information content (AvgIpc) is 2.70. The lowest BCUT2D eigenvalue weighted by atomic mass is 9.88.